The zero-order valence-corrected chi connectivity index (χ0v) is 18.9. The molecule has 1 heterocycles. The fraction of sp³-hybridized carbons (Fsp3) is 0.269. The number of allylic oxidation sites excluding steroid dienone is 2. The maximum absolute atomic E-state index is 13.0. The molecule has 9 heteroatoms. The average Bonchev–Trinajstić information content (AvgIpc) is 3.52. The number of anilines is 3. The molecule has 4 atom stereocenters. The first-order valence-corrected chi connectivity index (χ1v) is 11.3. The number of nitrogens with zero attached hydrogens (tertiary/aromatic N) is 1. The van der Waals surface area contributed by atoms with Crippen molar-refractivity contribution in [2.75, 3.05) is 22.1 Å². The van der Waals surface area contributed by atoms with Crippen LogP contribution in [0.2, 0.25) is 0 Å². The van der Waals surface area contributed by atoms with Crippen molar-refractivity contribution in [3.8, 4) is 0 Å². The van der Waals surface area contributed by atoms with Crippen LogP contribution in [0.25, 0.3) is 0 Å². The quantitative estimate of drug-likeness (QED) is 0.378. The molecule has 2 bridgehead atoms. The molecule has 2 aromatic carbocycles. The van der Waals surface area contributed by atoms with Gasteiger partial charge < -0.3 is 15.4 Å². The SMILES string of the molecule is CC(=O)Nc1ccc(NC(=O)COC(=O)c2cccc(N3C(=O)[C@@H]4[C@@H](C3=O)[C@H]3C=C[C@H]4C3)c2)cc1. The minimum atomic E-state index is -0.746. The number of carbonyl (C=O) groups is 5. The van der Waals surface area contributed by atoms with Crippen molar-refractivity contribution >= 4 is 46.7 Å². The Hall–Kier alpha value is -4.27. The monoisotopic (exact) mass is 473 g/mol. The molecule has 35 heavy (non-hydrogen) atoms. The lowest BCUT2D eigenvalue weighted by Crippen LogP contribution is -2.33. The molecule has 4 amide bonds. The Balaban J connectivity index is 1.20. The molecule has 178 valence electrons. The van der Waals surface area contributed by atoms with Crippen LogP contribution >= 0.6 is 0 Å². The summed E-state index contributed by atoms with van der Waals surface area (Å²) in [6, 6.07) is 12.6. The fourth-order valence-corrected chi connectivity index (χ4v) is 5.18. The number of benzene rings is 2. The van der Waals surface area contributed by atoms with Crippen molar-refractivity contribution in [3.63, 3.8) is 0 Å². The van der Waals surface area contributed by atoms with Crippen LogP contribution in [0.4, 0.5) is 17.1 Å². The van der Waals surface area contributed by atoms with Gasteiger partial charge in [-0.05, 0) is 60.7 Å². The second kappa shape index (κ2) is 8.83. The number of hydrogen-bond acceptors (Lipinski definition) is 6. The summed E-state index contributed by atoms with van der Waals surface area (Å²) in [6.45, 7) is 0.879. The van der Waals surface area contributed by atoms with E-state index in [2.05, 4.69) is 10.6 Å². The maximum atomic E-state index is 13.0. The van der Waals surface area contributed by atoms with Crippen molar-refractivity contribution in [2.45, 2.75) is 13.3 Å². The molecule has 3 aliphatic rings. The van der Waals surface area contributed by atoms with E-state index in [9.17, 15) is 24.0 Å². The number of nitrogens with one attached hydrogen (secondary N) is 2. The molecule has 2 aliphatic carbocycles. The summed E-state index contributed by atoms with van der Waals surface area (Å²) in [7, 11) is 0. The molecule has 5 rings (SSSR count). The number of rotatable bonds is 6. The smallest absolute Gasteiger partial charge is 0.338 e. The maximum Gasteiger partial charge on any atom is 0.338 e. The number of carbonyl (C=O) groups excluding carboxylic acids is 5. The van der Waals surface area contributed by atoms with E-state index in [1.807, 2.05) is 12.2 Å². The Morgan fingerprint density at radius 1 is 0.914 bits per heavy atom. The van der Waals surface area contributed by atoms with Gasteiger partial charge in [0.2, 0.25) is 17.7 Å². The third-order valence-corrected chi connectivity index (χ3v) is 6.63. The van der Waals surface area contributed by atoms with E-state index in [0.29, 0.717) is 17.1 Å². The first-order valence-electron chi connectivity index (χ1n) is 11.3. The third-order valence-electron chi connectivity index (χ3n) is 6.63. The van der Waals surface area contributed by atoms with Crippen LogP contribution in [-0.4, -0.2) is 36.2 Å². The van der Waals surface area contributed by atoms with E-state index in [1.54, 1.807) is 36.4 Å². The highest BCUT2D eigenvalue weighted by Crippen LogP contribution is 2.53. The fourth-order valence-electron chi connectivity index (χ4n) is 5.18. The Morgan fingerprint density at radius 3 is 2.11 bits per heavy atom. The third kappa shape index (κ3) is 4.21. The van der Waals surface area contributed by atoms with Gasteiger partial charge >= 0.3 is 5.97 Å². The second-order valence-electron chi connectivity index (χ2n) is 8.94. The predicted octanol–water partition coefficient (Wildman–Crippen LogP) is 2.75. The Kier molecular flexibility index (Phi) is 5.68. The van der Waals surface area contributed by atoms with E-state index < -0.39 is 18.5 Å². The highest BCUT2D eigenvalue weighted by molar-refractivity contribution is 6.23. The standard InChI is InChI=1S/C26H23N3O6/c1-14(30)27-18-7-9-19(10-8-18)28-21(31)13-35-26(34)17-3-2-4-20(12-17)29-24(32)22-15-5-6-16(11-15)23(22)25(29)33/h2-10,12,15-16,22-23H,11,13H2,1H3,(H,27,30)(H,28,31)/t15-,16-,22-,23-/m0/s1. The van der Waals surface area contributed by atoms with Gasteiger partial charge in [0.15, 0.2) is 6.61 Å². The number of esters is 1. The summed E-state index contributed by atoms with van der Waals surface area (Å²) in [5.74, 6) is -2.42. The average molecular weight is 473 g/mol. The molecule has 9 nitrogen and oxygen atoms in total. The molecule has 1 saturated heterocycles. The number of hydrogen-bond donors (Lipinski definition) is 2. The Bertz CT molecular complexity index is 1240. The molecule has 2 aromatic rings. The van der Waals surface area contributed by atoms with Gasteiger partial charge in [0.25, 0.3) is 5.91 Å². The topological polar surface area (TPSA) is 122 Å². The van der Waals surface area contributed by atoms with Crippen LogP contribution < -0.4 is 15.5 Å². The van der Waals surface area contributed by atoms with Crippen molar-refractivity contribution in [3.05, 3.63) is 66.2 Å². The second-order valence-corrected chi connectivity index (χ2v) is 8.94. The first kappa shape index (κ1) is 22.5. The normalized spacial score (nSPS) is 23.9. The molecular formula is C26H23N3O6. The van der Waals surface area contributed by atoms with Gasteiger partial charge in [-0.15, -0.1) is 0 Å². The van der Waals surface area contributed by atoms with E-state index in [1.165, 1.54) is 24.0 Å². The van der Waals surface area contributed by atoms with Crippen LogP contribution in [0.1, 0.15) is 23.7 Å². The molecule has 2 N–H and O–H groups in total. The highest BCUT2D eigenvalue weighted by Gasteiger charge is 2.59. The van der Waals surface area contributed by atoms with Crippen molar-refractivity contribution in [1.29, 1.82) is 0 Å². The minimum absolute atomic E-state index is 0.0970. The van der Waals surface area contributed by atoms with Crippen molar-refractivity contribution in [1.82, 2.24) is 0 Å². The number of ether oxygens (including phenoxy) is 1. The zero-order valence-electron chi connectivity index (χ0n) is 18.9. The van der Waals surface area contributed by atoms with Crippen LogP contribution in [-0.2, 0) is 23.9 Å². The van der Waals surface area contributed by atoms with Gasteiger partial charge in [0, 0.05) is 18.3 Å². The lowest BCUT2D eigenvalue weighted by atomic mass is 9.85. The summed E-state index contributed by atoms with van der Waals surface area (Å²) in [5.41, 5.74) is 1.52. The van der Waals surface area contributed by atoms with Crippen molar-refractivity contribution in [2.24, 2.45) is 23.7 Å². The van der Waals surface area contributed by atoms with Crippen LogP contribution in [0.5, 0.6) is 0 Å². The number of amides is 4. The number of imide groups is 1. The van der Waals surface area contributed by atoms with Crippen LogP contribution in [0, 0.1) is 23.7 Å². The van der Waals surface area contributed by atoms with E-state index >= 15 is 0 Å². The number of fused-ring (bicyclic) bond motifs is 5. The Morgan fingerprint density at radius 2 is 1.51 bits per heavy atom. The molecule has 1 aliphatic heterocycles. The summed E-state index contributed by atoms with van der Waals surface area (Å²) >= 11 is 0. The minimum Gasteiger partial charge on any atom is -0.452 e. The van der Waals surface area contributed by atoms with E-state index in [-0.39, 0.29) is 47.0 Å². The van der Waals surface area contributed by atoms with Crippen molar-refractivity contribution < 1.29 is 28.7 Å². The molecule has 1 saturated carbocycles. The predicted molar refractivity (Wildman–Crippen MR) is 126 cm³/mol. The first-order chi connectivity index (χ1) is 16.8. The summed E-state index contributed by atoms with van der Waals surface area (Å²) in [5, 5.41) is 5.22. The van der Waals surface area contributed by atoms with Gasteiger partial charge in [0.05, 0.1) is 23.1 Å². The molecule has 0 radical (unpaired) electrons. The highest BCUT2D eigenvalue weighted by atomic mass is 16.5. The summed E-state index contributed by atoms with van der Waals surface area (Å²) < 4.78 is 5.12. The molecular weight excluding hydrogens is 450 g/mol. The van der Waals surface area contributed by atoms with Gasteiger partial charge in [-0.3, -0.25) is 19.2 Å². The Labute approximate surface area is 201 Å². The molecule has 2 fully saturated rings. The zero-order chi connectivity index (χ0) is 24.7. The van der Waals surface area contributed by atoms with Gasteiger partial charge in [-0.25, -0.2) is 9.69 Å². The molecule has 0 aromatic heterocycles. The van der Waals surface area contributed by atoms with Crippen LogP contribution in [0.15, 0.2) is 60.7 Å². The summed E-state index contributed by atoms with van der Waals surface area (Å²) in [4.78, 5) is 63.0. The largest absolute Gasteiger partial charge is 0.452 e. The summed E-state index contributed by atoms with van der Waals surface area (Å²) in [6.07, 6.45) is 4.89. The molecule has 0 unspecified atom stereocenters. The molecule has 0 spiro atoms. The van der Waals surface area contributed by atoms with Crippen LogP contribution in [0.3, 0.4) is 0 Å². The lowest BCUT2D eigenvalue weighted by molar-refractivity contribution is -0.123. The van der Waals surface area contributed by atoms with Gasteiger partial charge in [0.1, 0.15) is 0 Å². The van der Waals surface area contributed by atoms with Gasteiger partial charge in [-0.2, -0.15) is 0 Å². The van der Waals surface area contributed by atoms with E-state index in [0.717, 1.165) is 6.42 Å². The lowest BCUT2D eigenvalue weighted by Gasteiger charge is -2.18. The van der Waals surface area contributed by atoms with E-state index in [4.69, 9.17) is 4.74 Å². The van der Waals surface area contributed by atoms with Gasteiger partial charge in [-0.1, -0.05) is 18.2 Å².